The van der Waals surface area contributed by atoms with Gasteiger partial charge in [-0.15, -0.1) is 0 Å². The van der Waals surface area contributed by atoms with Gasteiger partial charge in [-0.1, -0.05) is 12.2 Å². The standard InChI is InChI=1S/C12H15FN2O4S2/c1-19-11(16)3-2-6-21(17,18)15-10-5-4-8(13)7-9(10)12(14)20/h4-5,7,15H,2-3,6H2,1H3,(H2,14,20). The number of rotatable bonds is 7. The fraction of sp³-hybridized carbons (Fsp3) is 0.333. The molecule has 0 aromatic heterocycles. The summed E-state index contributed by atoms with van der Waals surface area (Å²) in [6.45, 7) is 0. The Bertz CT molecular complexity index is 647. The zero-order chi connectivity index (χ0) is 16.0. The summed E-state index contributed by atoms with van der Waals surface area (Å²) >= 11 is 4.75. The maximum absolute atomic E-state index is 13.1. The van der Waals surface area contributed by atoms with Gasteiger partial charge in [0.1, 0.15) is 10.8 Å². The average Bonchev–Trinajstić information content (AvgIpc) is 2.39. The average molecular weight is 334 g/mol. The molecule has 0 saturated carbocycles. The van der Waals surface area contributed by atoms with Gasteiger partial charge in [0.2, 0.25) is 10.0 Å². The van der Waals surface area contributed by atoms with E-state index in [1.54, 1.807) is 0 Å². The van der Waals surface area contributed by atoms with Crippen molar-refractivity contribution in [3.8, 4) is 0 Å². The molecule has 0 heterocycles. The van der Waals surface area contributed by atoms with E-state index in [0.29, 0.717) is 0 Å². The Morgan fingerprint density at radius 2 is 2.14 bits per heavy atom. The van der Waals surface area contributed by atoms with Gasteiger partial charge in [-0.05, 0) is 24.6 Å². The first-order chi connectivity index (χ1) is 9.75. The van der Waals surface area contributed by atoms with Crippen LogP contribution in [-0.2, 0) is 19.6 Å². The van der Waals surface area contributed by atoms with Crippen molar-refractivity contribution in [1.82, 2.24) is 0 Å². The minimum Gasteiger partial charge on any atom is -0.469 e. The lowest BCUT2D eigenvalue weighted by Gasteiger charge is -2.11. The van der Waals surface area contributed by atoms with Crippen molar-refractivity contribution in [3.63, 3.8) is 0 Å². The monoisotopic (exact) mass is 334 g/mol. The van der Waals surface area contributed by atoms with Crippen LogP contribution in [-0.4, -0.2) is 32.2 Å². The number of halogens is 1. The number of carbonyl (C=O) groups excluding carboxylic acids is 1. The number of methoxy groups -OCH3 is 1. The number of hydrogen-bond acceptors (Lipinski definition) is 5. The highest BCUT2D eigenvalue weighted by atomic mass is 32.2. The molecule has 0 spiro atoms. The lowest BCUT2D eigenvalue weighted by molar-refractivity contribution is -0.140. The molecule has 1 aromatic rings. The highest BCUT2D eigenvalue weighted by Crippen LogP contribution is 2.19. The molecule has 3 N–H and O–H groups in total. The molecule has 1 aromatic carbocycles. The first kappa shape index (κ1) is 17.3. The molecular formula is C12H15FN2O4S2. The Labute approximate surface area is 127 Å². The predicted molar refractivity (Wildman–Crippen MR) is 80.9 cm³/mol. The van der Waals surface area contributed by atoms with Gasteiger partial charge >= 0.3 is 5.97 Å². The number of nitrogens with two attached hydrogens (primary N) is 1. The zero-order valence-electron chi connectivity index (χ0n) is 11.3. The zero-order valence-corrected chi connectivity index (χ0v) is 12.9. The number of carbonyl (C=O) groups is 1. The van der Waals surface area contributed by atoms with Crippen LogP contribution in [0.5, 0.6) is 0 Å². The van der Waals surface area contributed by atoms with Crippen molar-refractivity contribution in [3.05, 3.63) is 29.6 Å². The lowest BCUT2D eigenvalue weighted by atomic mass is 10.2. The maximum atomic E-state index is 13.1. The van der Waals surface area contributed by atoms with Gasteiger partial charge in [-0.25, -0.2) is 12.8 Å². The van der Waals surface area contributed by atoms with E-state index in [-0.39, 0.29) is 34.8 Å². The van der Waals surface area contributed by atoms with Gasteiger partial charge in [-0.2, -0.15) is 0 Å². The number of sulfonamides is 1. The van der Waals surface area contributed by atoms with Gasteiger partial charge in [0.25, 0.3) is 0 Å². The van der Waals surface area contributed by atoms with E-state index < -0.39 is 21.8 Å². The van der Waals surface area contributed by atoms with Crippen molar-refractivity contribution in [1.29, 1.82) is 0 Å². The van der Waals surface area contributed by atoms with E-state index in [1.165, 1.54) is 13.2 Å². The molecule has 116 valence electrons. The lowest BCUT2D eigenvalue weighted by Crippen LogP contribution is -2.21. The largest absolute Gasteiger partial charge is 0.469 e. The summed E-state index contributed by atoms with van der Waals surface area (Å²) in [4.78, 5) is 10.8. The SMILES string of the molecule is COC(=O)CCCS(=O)(=O)Nc1ccc(F)cc1C(N)=S. The van der Waals surface area contributed by atoms with Crippen molar-refractivity contribution >= 4 is 38.9 Å². The van der Waals surface area contributed by atoms with Gasteiger partial charge < -0.3 is 10.5 Å². The Morgan fingerprint density at radius 3 is 2.71 bits per heavy atom. The van der Waals surface area contributed by atoms with E-state index >= 15 is 0 Å². The Balaban J connectivity index is 2.80. The Morgan fingerprint density at radius 1 is 1.48 bits per heavy atom. The van der Waals surface area contributed by atoms with Crippen LogP contribution in [0.15, 0.2) is 18.2 Å². The maximum Gasteiger partial charge on any atom is 0.305 e. The van der Waals surface area contributed by atoms with E-state index in [2.05, 4.69) is 9.46 Å². The van der Waals surface area contributed by atoms with Crippen LogP contribution in [0, 0.1) is 5.82 Å². The molecule has 0 aliphatic heterocycles. The molecule has 0 aliphatic rings. The summed E-state index contributed by atoms with van der Waals surface area (Å²) in [5.41, 5.74) is 5.63. The number of ether oxygens (including phenoxy) is 1. The van der Waals surface area contributed by atoms with Crippen LogP contribution >= 0.6 is 12.2 Å². The summed E-state index contributed by atoms with van der Waals surface area (Å²) < 4.78 is 43.6. The van der Waals surface area contributed by atoms with Crippen LogP contribution in [0.2, 0.25) is 0 Å². The number of nitrogens with one attached hydrogen (secondary N) is 1. The second-order valence-corrected chi connectivity index (χ2v) is 6.44. The van der Waals surface area contributed by atoms with E-state index in [9.17, 15) is 17.6 Å². The molecule has 1 rings (SSSR count). The number of benzene rings is 1. The summed E-state index contributed by atoms with van der Waals surface area (Å²) in [5.74, 6) is -1.35. The number of esters is 1. The number of hydrogen-bond donors (Lipinski definition) is 2. The third-order valence-corrected chi connectivity index (χ3v) is 4.11. The first-order valence-electron chi connectivity index (χ1n) is 5.92. The van der Waals surface area contributed by atoms with Crippen molar-refractivity contribution in [2.24, 2.45) is 5.73 Å². The quantitative estimate of drug-likeness (QED) is 0.573. The van der Waals surface area contributed by atoms with Crippen LogP contribution in [0.1, 0.15) is 18.4 Å². The van der Waals surface area contributed by atoms with Crippen molar-refractivity contribution in [2.75, 3.05) is 17.6 Å². The molecule has 0 fully saturated rings. The Hall–Kier alpha value is -1.74. The van der Waals surface area contributed by atoms with Crippen LogP contribution < -0.4 is 10.5 Å². The smallest absolute Gasteiger partial charge is 0.305 e. The normalized spacial score (nSPS) is 11.0. The Kier molecular flexibility index (Phi) is 6.03. The molecule has 6 nitrogen and oxygen atoms in total. The highest BCUT2D eigenvalue weighted by molar-refractivity contribution is 7.92. The van der Waals surface area contributed by atoms with Gasteiger partial charge in [0, 0.05) is 12.0 Å². The molecule has 21 heavy (non-hydrogen) atoms. The second-order valence-electron chi connectivity index (χ2n) is 4.15. The molecule has 0 amide bonds. The molecule has 0 aliphatic carbocycles. The number of anilines is 1. The van der Waals surface area contributed by atoms with E-state index in [4.69, 9.17) is 18.0 Å². The fourth-order valence-electron chi connectivity index (χ4n) is 1.54. The summed E-state index contributed by atoms with van der Waals surface area (Å²) in [5, 5.41) is 0. The van der Waals surface area contributed by atoms with Gasteiger partial charge in [-0.3, -0.25) is 9.52 Å². The highest BCUT2D eigenvalue weighted by Gasteiger charge is 2.15. The second kappa shape index (κ2) is 7.32. The molecule has 0 bridgehead atoms. The minimum atomic E-state index is -3.70. The van der Waals surface area contributed by atoms with E-state index in [0.717, 1.165) is 12.1 Å². The third-order valence-electron chi connectivity index (χ3n) is 2.53. The van der Waals surface area contributed by atoms with Crippen LogP contribution in [0.25, 0.3) is 0 Å². The minimum absolute atomic E-state index is 0.0109. The summed E-state index contributed by atoms with van der Waals surface area (Å²) in [6.07, 6.45) is 0.0919. The van der Waals surface area contributed by atoms with Crippen molar-refractivity contribution < 1.29 is 22.3 Å². The fourth-order valence-corrected chi connectivity index (χ4v) is 2.84. The molecule has 0 atom stereocenters. The number of thiocarbonyl (C=S) groups is 1. The van der Waals surface area contributed by atoms with Crippen LogP contribution in [0.3, 0.4) is 0 Å². The van der Waals surface area contributed by atoms with Crippen molar-refractivity contribution in [2.45, 2.75) is 12.8 Å². The van der Waals surface area contributed by atoms with Gasteiger partial charge in [0.15, 0.2) is 0 Å². The van der Waals surface area contributed by atoms with Gasteiger partial charge in [0.05, 0.1) is 18.6 Å². The molecule has 0 unspecified atom stereocenters. The molecule has 9 heteroatoms. The topological polar surface area (TPSA) is 98.5 Å². The van der Waals surface area contributed by atoms with Crippen LogP contribution in [0.4, 0.5) is 10.1 Å². The molecule has 0 radical (unpaired) electrons. The summed E-state index contributed by atoms with van der Waals surface area (Å²) in [6, 6.07) is 3.38. The third kappa shape index (κ3) is 5.64. The first-order valence-corrected chi connectivity index (χ1v) is 7.98. The summed E-state index contributed by atoms with van der Waals surface area (Å²) in [7, 11) is -2.48. The molecule has 0 saturated heterocycles. The molecular weight excluding hydrogens is 319 g/mol. The predicted octanol–water partition coefficient (Wildman–Crippen LogP) is 1.15. The van der Waals surface area contributed by atoms with E-state index in [1.807, 2.05) is 0 Å².